The summed E-state index contributed by atoms with van der Waals surface area (Å²) < 4.78 is 123. The summed E-state index contributed by atoms with van der Waals surface area (Å²) in [5.74, 6) is -7.99. The lowest BCUT2D eigenvalue weighted by Crippen LogP contribution is -2.56. The number of hydrogen-bond acceptors (Lipinski definition) is 6. The molecule has 2 heterocycles. The lowest BCUT2D eigenvalue weighted by molar-refractivity contribution is -0.332. The van der Waals surface area contributed by atoms with Gasteiger partial charge < -0.3 is 15.2 Å². The first-order valence-electron chi connectivity index (χ1n) is 9.63. The fraction of sp³-hybridized carbons (Fsp3) is 0.400. The third-order valence-corrected chi connectivity index (χ3v) is 7.10. The number of nitrogens with zero attached hydrogens (tertiary/aromatic N) is 1. The zero-order valence-corrected chi connectivity index (χ0v) is 18.6. The minimum absolute atomic E-state index is 0.00863. The number of sulfone groups is 1. The van der Waals surface area contributed by atoms with E-state index in [1.807, 2.05) is 0 Å². The van der Waals surface area contributed by atoms with Crippen molar-refractivity contribution in [1.82, 2.24) is 10.3 Å². The summed E-state index contributed by atoms with van der Waals surface area (Å²) >= 11 is 0. The van der Waals surface area contributed by atoms with Crippen molar-refractivity contribution in [3.8, 4) is 5.75 Å². The van der Waals surface area contributed by atoms with Gasteiger partial charge in [-0.05, 0) is 44.2 Å². The Morgan fingerprint density at radius 2 is 1.74 bits per heavy atom. The molecule has 7 nitrogen and oxygen atoms in total. The van der Waals surface area contributed by atoms with E-state index in [1.165, 1.54) is 32.2 Å². The van der Waals surface area contributed by atoms with Gasteiger partial charge in [0.05, 0.1) is 16.5 Å². The lowest BCUT2D eigenvalue weighted by atomic mass is 9.86. The fourth-order valence-corrected chi connectivity index (χ4v) is 4.58. The highest BCUT2D eigenvalue weighted by atomic mass is 32.2. The molecular weight excluding hydrogens is 513 g/mol. The summed E-state index contributed by atoms with van der Waals surface area (Å²) in [7, 11) is -6.63. The first-order chi connectivity index (χ1) is 15.8. The summed E-state index contributed by atoms with van der Waals surface area (Å²) in [6, 6.07) is 2.66. The Labute approximate surface area is 193 Å². The maximum atomic E-state index is 14.1. The Morgan fingerprint density at radius 3 is 2.29 bits per heavy atom. The molecule has 35 heavy (non-hydrogen) atoms. The second-order valence-corrected chi connectivity index (χ2v) is 10.1. The second kappa shape index (κ2) is 8.33. The number of amides is 1. The zero-order chi connectivity index (χ0) is 26.6. The molecule has 2 atom stereocenters. The van der Waals surface area contributed by atoms with E-state index in [0.717, 1.165) is 12.3 Å². The zero-order valence-electron chi connectivity index (χ0n) is 17.8. The van der Waals surface area contributed by atoms with Crippen LogP contribution in [0.5, 0.6) is 5.75 Å². The molecule has 0 bridgehead atoms. The van der Waals surface area contributed by atoms with Crippen molar-refractivity contribution in [3.05, 3.63) is 53.9 Å². The van der Waals surface area contributed by atoms with Crippen molar-refractivity contribution in [2.24, 2.45) is 0 Å². The van der Waals surface area contributed by atoms with E-state index in [9.17, 15) is 49.1 Å². The standard InChI is InChI=1S/C20H17F7N2O5S/c1-17(2)15(30)14(29-16(31)10-4-3-7-28-9-10)12-8-11(5-6-13(12)34-17)35(32,33)20(26,27)18(21,22)19(23,24)25/h3-9,14-15,30H,1-2H3,(H,29,31)/t14-,15+/m1/s1. The summed E-state index contributed by atoms with van der Waals surface area (Å²) in [6.07, 6.45) is -6.01. The number of pyridine rings is 1. The number of nitrogens with one attached hydrogen (secondary N) is 1. The maximum Gasteiger partial charge on any atom is 0.461 e. The minimum Gasteiger partial charge on any atom is -0.485 e. The molecule has 0 saturated heterocycles. The molecule has 1 amide bonds. The number of hydrogen-bond donors (Lipinski definition) is 2. The van der Waals surface area contributed by atoms with Gasteiger partial charge >= 0.3 is 17.4 Å². The third kappa shape index (κ3) is 4.30. The third-order valence-electron chi connectivity index (χ3n) is 5.30. The van der Waals surface area contributed by atoms with Crippen LogP contribution in [0.1, 0.15) is 35.8 Å². The number of aliphatic hydroxyl groups excluding tert-OH is 1. The lowest BCUT2D eigenvalue weighted by Gasteiger charge is -2.42. The van der Waals surface area contributed by atoms with Crippen molar-refractivity contribution >= 4 is 15.7 Å². The number of fused-ring (bicyclic) bond motifs is 1. The largest absolute Gasteiger partial charge is 0.485 e. The van der Waals surface area contributed by atoms with Crippen LogP contribution in [0.3, 0.4) is 0 Å². The molecule has 1 aliphatic heterocycles. The number of ether oxygens (including phenoxy) is 1. The summed E-state index contributed by atoms with van der Waals surface area (Å²) in [5, 5.41) is 6.48. The molecule has 0 fully saturated rings. The van der Waals surface area contributed by atoms with Gasteiger partial charge in [-0.15, -0.1) is 0 Å². The monoisotopic (exact) mass is 530 g/mol. The Balaban J connectivity index is 2.11. The van der Waals surface area contributed by atoms with Gasteiger partial charge in [0.1, 0.15) is 17.5 Å². The second-order valence-electron chi connectivity index (χ2n) is 8.14. The van der Waals surface area contributed by atoms with Gasteiger partial charge in [-0.2, -0.15) is 30.7 Å². The molecule has 15 heteroatoms. The van der Waals surface area contributed by atoms with Crippen molar-refractivity contribution in [2.45, 2.75) is 53.8 Å². The number of aromatic nitrogens is 1. The van der Waals surface area contributed by atoms with Crippen LogP contribution < -0.4 is 10.1 Å². The molecule has 0 aliphatic carbocycles. The molecule has 0 saturated carbocycles. The van der Waals surface area contributed by atoms with E-state index < -0.39 is 61.3 Å². The Morgan fingerprint density at radius 1 is 1.11 bits per heavy atom. The van der Waals surface area contributed by atoms with Gasteiger partial charge in [-0.25, -0.2) is 8.42 Å². The number of carbonyl (C=O) groups excluding carboxylic acids is 1. The molecular formula is C20H17F7N2O5S. The molecule has 3 rings (SSSR count). The number of benzene rings is 1. The summed E-state index contributed by atoms with van der Waals surface area (Å²) in [5.41, 5.74) is -1.87. The molecule has 192 valence electrons. The molecule has 0 spiro atoms. The van der Waals surface area contributed by atoms with Gasteiger partial charge in [-0.1, -0.05) is 0 Å². The summed E-state index contributed by atoms with van der Waals surface area (Å²) in [6.45, 7) is 2.76. The van der Waals surface area contributed by atoms with E-state index in [-0.39, 0.29) is 11.3 Å². The Kier molecular flexibility index (Phi) is 6.34. The minimum atomic E-state index is -6.92. The molecule has 1 aromatic heterocycles. The van der Waals surface area contributed by atoms with Gasteiger partial charge in [0.25, 0.3) is 5.91 Å². The normalized spacial score (nSPS) is 20.5. The number of halogens is 7. The molecule has 1 aromatic carbocycles. The molecule has 2 N–H and O–H groups in total. The van der Waals surface area contributed by atoms with Crippen LogP contribution in [0, 0.1) is 0 Å². The van der Waals surface area contributed by atoms with Crippen LogP contribution in [0.4, 0.5) is 30.7 Å². The highest BCUT2D eigenvalue weighted by Crippen LogP contribution is 2.51. The highest BCUT2D eigenvalue weighted by molar-refractivity contribution is 7.92. The van der Waals surface area contributed by atoms with Crippen molar-refractivity contribution < 1.29 is 53.8 Å². The molecule has 1 aliphatic rings. The van der Waals surface area contributed by atoms with Crippen LogP contribution in [0.2, 0.25) is 0 Å². The Bertz CT molecular complexity index is 1230. The predicted molar refractivity (Wildman–Crippen MR) is 105 cm³/mol. The molecule has 0 unspecified atom stereocenters. The van der Waals surface area contributed by atoms with Crippen LogP contribution in [-0.4, -0.2) is 53.5 Å². The number of alkyl halides is 7. The van der Waals surface area contributed by atoms with E-state index in [1.54, 1.807) is 0 Å². The smallest absolute Gasteiger partial charge is 0.461 e. The van der Waals surface area contributed by atoms with Crippen LogP contribution >= 0.6 is 0 Å². The van der Waals surface area contributed by atoms with Gasteiger partial charge in [0.15, 0.2) is 0 Å². The summed E-state index contributed by atoms with van der Waals surface area (Å²) in [4.78, 5) is 14.7. The predicted octanol–water partition coefficient (Wildman–Crippen LogP) is 3.65. The van der Waals surface area contributed by atoms with Crippen LogP contribution in [0.25, 0.3) is 0 Å². The SMILES string of the molecule is CC1(C)Oc2ccc(S(=O)(=O)C(F)(F)C(F)(F)C(F)(F)F)cc2[C@@H](NC(=O)c2cccnc2)[C@@H]1O. The van der Waals surface area contributed by atoms with E-state index >= 15 is 0 Å². The van der Waals surface area contributed by atoms with E-state index in [2.05, 4.69) is 10.3 Å². The van der Waals surface area contributed by atoms with Gasteiger partial charge in [-0.3, -0.25) is 9.78 Å². The Hall–Kier alpha value is -2.94. The van der Waals surface area contributed by atoms with Crippen LogP contribution in [-0.2, 0) is 9.84 Å². The topological polar surface area (TPSA) is 106 Å². The first kappa shape index (κ1) is 26.7. The highest BCUT2D eigenvalue weighted by Gasteiger charge is 2.78. The average Bonchev–Trinajstić information content (AvgIpc) is 2.75. The van der Waals surface area contributed by atoms with E-state index in [4.69, 9.17) is 4.74 Å². The molecule has 0 radical (unpaired) electrons. The quantitative estimate of drug-likeness (QED) is 0.572. The number of carbonyl (C=O) groups is 1. The number of rotatable bonds is 5. The fourth-order valence-electron chi connectivity index (χ4n) is 3.31. The molecule has 2 aromatic rings. The van der Waals surface area contributed by atoms with Crippen molar-refractivity contribution in [2.75, 3.05) is 0 Å². The van der Waals surface area contributed by atoms with E-state index in [0.29, 0.717) is 12.1 Å². The van der Waals surface area contributed by atoms with Gasteiger partial charge in [0.2, 0.25) is 9.84 Å². The van der Waals surface area contributed by atoms with Crippen LogP contribution in [0.15, 0.2) is 47.6 Å². The van der Waals surface area contributed by atoms with Crippen molar-refractivity contribution in [1.29, 1.82) is 0 Å². The number of aliphatic hydroxyl groups is 1. The first-order valence-corrected chi connectivity index (χ1v) is 11.1. The van der Waals surface area contributed by atoms with Gasteiger partial charge in [0, 0.05) is 18.0 Å². The average molecular weight is 530 g/mol. The van der Waals surface area contributed by atoms with Crippen molar-refractivity contribution in [3.63, 3.8) is 0 Å². The maximum absolute atomic E-state index is 14.1.